The Kier molecular flexibility index (Phi) is 2.55. The number of nitriles is 1. The van der Waals surface area contributed by atoms with Gasteiger partial charge in [-0.3, -0.25) is 4.90 Å². The molecule has 1 saturated heterocycles. The van der Waals surface area contributed by atoms with Crippen molar-refractivity contribution in [2.45, 2.75) is 51.1 Å². The molecule has 0 aromatic carbocycles. The lowest BCUT2D eigenvalue weighted by Gasteiger charge is -2.30. The van der Waals surface area contributed by atoms with Gasteiger partial charge in [0.05, 0.1) is 12.0 Å². The Morgan fingerprint density at radius 2 is 2.08 bits per heavy atom. The zero-order chi connectivity index (χ0) is 9.26. The van der Waals surface area contributed by atoms with Gasteiger partial charge in [0.2, 0.25) is 0 Å². The quantitative estimate of drug-likeness (QED) is 0.615. The van der Waals surface area contributed by atoms with Crippen LogP contribution < -0.4 is 0 Å². The fourth-order valence-corrected chi connectivity index (χ4v) is 2.94. The summed E-state index contributed by atoms with van der Waals surface area (Å²) in [6.07, 6.45) is 6.30. The predicted molar refractivity (Wildman–Crippen MR) is 52.1 cm³/mol. The molecule has 1 aliphatic heterocycles. The molecule has 72 valence electrons. The first-order valence-corrected chi connectivity index (χ1v) is 5.48. The minimum absolute atomic E-state index is 0.320. The van der Waals surface area contributed by atoms with E-state index in [0.717, 1.165) is 12.5 Å². The van der Waals surface area contributed by atoms with E-state index in [1.54, 1.807) is 0 Å². The molecule has 2 heteroatoms. The standard InChI is InChI=1S/C11H18N2/c1-9-4-3-7-13(9)11-6-2-5-10(11)8-12/h9-11H,2-7H2,1H3. The Morgan fingerprint density at radius 1 is 1.23 bits per heavy atom. The van der Waals surface area contributed by atoms with Gasteiger partial charge in [-0.2, -0.15) is 5.26 Å². The summed E-state index contributed by atoms with van der Waals surface area (Å²) < 4.78 is 0. The summed E-state index contributed by atoms with van der Waals surface area (Å²) >= 11 is 0. The van der Waals surface area contributed by atoms with Crippen LogP contribution in [-0.4, -0.2) is 23.5 Å². The van der Waals surface area contributed by atoms with Crippen molar-refractivity contribution >= 4 is 0 Å². The maximum Gasteiger partial charge on any atom is 0.0672 e. The molecular weight excluding hydrogens is 160 g/mol. The first-order valence-electron chi connectivity index (χ1n) is 5.48. The smallest absolute Gasteiger partial charge is 0.0672 e. The van der Waals surface area contributed by atoms with Crippen LogP contribution in [0.5, 0.6) is 0 Å². The summed E-state index contributed by atoms with van der Waals surface area (Å²) in [5, 5.41) is 9.01. The van der Waals surface area contributed by atoms with Crippen molar-refractivity contribution in [3.63, 3.8) is 0 Å². The molecule has 1 saturated carbocycles. The minimum atomic E-state index is 0.320. The van der Waals surface area contributed by atoms with E-state index >= 15 is 0 Å². The molecular formula is C11H18N2. The maximum atomic E-state index is 9.01. The second-order valence-corrected chi connectivity index (χ2v) is 4.46. The van der Waals surface area contributed by atoms with Gasteiger partial charge in [-0.25, -0.2) is 0 Å². The van der Waals surface area contributed by atoms with E-state index in [1.165, 1.54) is 32.2 Å². The third kappa shape index (κ3) is 1.58. The van der Waals surface area contributed by atoms with Gasteiger partial charge in [0.1, 0.15) is 0 Å². The highest BCUT2D eigenvalue weighted by molar-refractivity contribution is 4.99. The summed E-state index contributed by atoms with van der Waals surface area (Å²) in [5.74, 6) is 0.320. The van der Waals surface area contributed by atoms with Crippen molar-refractivity contribution in [3.8, 4) is 6.07 Å². The van der Waals surface area contributed by atoms with Crippen molar-refractivity contribution in [1.82, 2.24) is 4.90 Å². The number of hydrogen-bond donors (Lipinski definition) is 0. The van der Waals surface area contributed by atoms with E-state index < -0.39 is 0 Å². The summed E-state index contributed by atoms with van der Waals surface area (Å²) in [7, 11) is 0. The summed E-state index contributed by atoms with van der Waals surface area (Å²) in [6, 6.07) is 3.78. The lowest BCUT2D eigenvalue weighted by Crippen LogP contribution is -2.39. The van der Waals surface area contributed by atoms with Crippen LogP contribution >= 0.6 is 0 Å². The Bertz CT molecular complexity index is 219. The molecule has 3 unspecified atom stereocenters. The molecule has 2 fully saturated rings. The molecule has 0 amide bonds. The fraction of sp³-hybridized carbons (Fsp3) is 0.909. The van der Waals surface area contributed by atoms with Crippen molar-refractivity contribution < 1.29 is 0 Å². The van der Waals surface area contributed by atoms with Gasteiger partial charge < -0.3 is 0 Å². The van der Waals surface area contributed by atoms with Crippen LogP contribution in [0.3, 0.4) is 0 Å². The monoisotopic (exact) mass is 178 g/mol. The second kappa shape index (κ2) is 3.67. The molecule has 1 heterocycles. The largest absolute Gasteiger partial charge is 0.296 e. The Hall–Kier alpha value is -0.550. The van der Waals surface area contributed by atoms with Crippen LogP contribution in [0.4, 0.5) is 0 Å². The molecule has 1 aliphatic carbocycles. The lowest BCUT2D eigenvalue weighted by molar-refractivity contribution is 0.172. The van der Waals surface area contributed by atoms with E-state index in [0.29, 0.717) is 12.0 Å². The summed E-state index contributed by atoms with van der Waals surface area (Å²) in [5.41, 5.74) is 0. The molecule has 2 aliphatic rings. The molecule has 3 atom stereocenters. The summed E-state index contributed by atoms with van der Waals surface area (Å²) in [6.45, 7) is 3.53. The van der Waals surface area contributed by atoms with Crippen LogP contribution in [0.25, 0.3) is 0 Å². The van der Waals surface area contributed by atoms with Crippen LogP contribution in [0, 0.1) is 17.2 Å². The third-order valence-electron chi connectivity index (χ3n) is 3.68. The van der Waals surface area contributed by atoms with Gasteiger partial charge >= 0.3 is 0 Å². The number of rotatable bonds is 1. The number of hydrogen-bond acceptors (Lipinski definition) is 2. The van der Waals surface area contributed by atoms with Gasteiger partial charge in [0.25, 0.3) is 0 Å². The van der Waals surface area contributed by atoms with Crippen LogP contribution in [0.1, 0.15) is 39.0 Å². The topological polar surface area (TPSA) is 27.0 Å². The molecule has 2 rings (SSSR count). The molecule has 2 nitrogen and oxygen atoms in total. The first kappa shape index (κ1) is 9.02. The highest BCUT2D eigenvalue weighted by atomic mass is 15.2. The third-order valence-corrected chi connectivity index (χ3v) is 3.68. The highest BCUT2D eigenvalue weighted by Gasteiger charge is 2.36. The van der Waals surface area contributed by atoms with Gasteiger partial charge in [0.15, 0.2) is 0 Å². The predicted octanol–water partition coefficient (Wildman–Crippen LogP) is 2.16. The van der Waals surface area contributed by atoms with E-state index in [-0.39, 0.29) is 0 Å². The zero-order valence-electron chi connectivity index (χ0n) is 8.37. The Morgan fingerprint density at radius 3 is 2.69 bits per heavy atom. The second-order valence-electron chi connectivity index (χ2n) is 4.46. The molecule has 13 heavy (non-hydrogen) atoms. The van der Waals surface area contributed by atoms with Gasteiger partial charge in [0, 0.05) is 12.1 Å². The minimum Gasteiger partial charge on any atom is -0.296 e. The number of likely N-dealkylation sites (tertiary alicyclic amines) is 1. The SMILES string of the molecule is CC1CCCN1C1CCCC1C#N. The van der Waals surface area contributed by atoms with Crippen molar-refractivity contribution in [2.24, 2.45) is 5.92 Å². The van der Waals surface area contributed by atoms with Gasteiger partial charge in [-0.05, 0) is 39.2 Å². The molecule has 0 spiro atoms. The highest BCUT2D eigenvalue weighted by Crippen LogP contribution is 2.33. The van der Waals surface area contributed by atoms with Crippen molar-refractivity contribution in [1.29, 1.82) is 5.26 Å². The van der Waals surface area contributed by atoms with Crippen molar-refractivity contribution in [3.05, 3.63) is 0 Å². The average molecular weight is 178 g/mol. The van der Waals surface area contributed by atoms with Gasteiger partial charge in [-0.1, -0.05) is 6.42 Å². The molecule has 0 aromatic heterocycles. The van der Waals surface area contributed by atoms with Crippen LogP contribution in [-0.2, 0) is 0 Å². The first-order chi connectivity index (χ1) is 6.33. The van der Waals surface area contributed by atoms with Crippen LogP contribution in [0.15, 0.2) is 0 Å². The van der Waals surface area contributed by atoms with Crippen molar-refractivity contribution in [2.75, 3.05) is 6.54 Å². The Balaban J connectivity index is 2.03. The summed E-state index contributed by atoms with van der Waals surface area (Å²) in [4.78, 5) is 2.57. The van der Waals surface area contributed by atoms with E-state index in [9.17, 15) is 0 Å². The number of nitrogens with zero attached hydrogens (tertiary/aromatic N) is 2. The molecule has 0 N–H and O–H groups in total. The van der Waals surface area contributed by atoms with E-state index in [4.69, 9.17) is 5.26 Å². The van der Waals surface area contributed by atoms with Gasteiger partial charge in [-0.15, -0.1) is 0 Å². The molecule has 0 aromatic rings. The normalized spacial score (nSPS) is 40.8. The van der Waals surface area contributed by atoms with E-state index in [1.807, 2.05) is 0 Å². The average Bonchev–Trinajstić information content (AvgIpc) is 2.71. The van der Waals surface area contributed by atoms with E-state index in [2.05, 4.69) is 17.9 Å². The maximum absolute atomic E-state index is 9.01. The lowest BCUT2D eigenvalue weighted by atomic mass is 10.0. The Labute approximate surface area is 80.5 Å². The molecule has 0 radical (unpaired) electrons. The van der Waals surface area contributed by atoms with Crippen LogP contribution in [0.2, 0.25) is 0 Å². The zero-order valence-corrected chi connectivity index (χ0v) is 8.37. The molecule has 0 bridgehead atoms. The fourth-order valence-electron chi connectivity index (χ4n) is 2.94.